The van der Waals surface area contributed by atoms with Gasteiger partial charge in [-0.15, -0.1) is 0 Å². The lowest BCUT2D eigenvalue weighted by Crippen LogP contribution is -2.16. The molecule has 21 heavy (non-hydrogen) atoms. The van der Waals surface area contributed by atoms with Crippen LogP contribution in [0.5, 0.6) is 0 Å². The average Bonchev–Trinajstić information content (AvgIpc) is 2.83. The van der Waals surface area contributed by atoms with E-state index in [1.807, 2.05) is 13.8 Å². The first kappa shape index (κ1) is 15.6. The van der Waals surface area contributed by atoms with Crippen molar-refractivity contribution in [3.8, 4) is 0 Å². The second-order valence-electron chi connectivity index (χ2n) is 4.53. The topological polar surface area (TPSA) is 71.8 Å². The standard InChI is InChI=1S/C12H12F3N3O2S/c1-6(2)7-4-16-10(20-7)5-21-11-17-8(12(13,14)15)3-9(19)18-11/h3-4,6H,5H2,1-2H3,(H,17,18,19). The Hall–Kier alpha value is -1.77. The van der Waals surface area contributed by atoms with Crippen LogP contribution in [-0.2, 0) is 11.9 Å². The molecule has 0 fully saturated rings. The maximum absolute atomic E-state index is 12.5. The number of H-pyrrole nitrogens is 1. The molecule has 0 aliphatic rings. The molecular formula is C12H12F3N3O2S. The number of aromatic nitrogens is 3. The van der Waals surface area contributed by atoms with Crippen LogP contribution < -0.4 is 5.56 Å². The molecule has 9 heteroatoms. The number of thioether (sulfide) groups is 1. The fourth-order valence-electron chi connectivity index (χ4n) is 1.44. The number of aromatic amines is 1. The summed E-state index contributed by atoms with van der Waals surface area (Å²) < 4.78 is 43.1. The van der Waals surface area contributed by atoms with Crippen molar-refractivity contribution in [1.29, 1.82) is 0 Å². The Kier molecular flexibility index (Phi) is 4.40. The molecule has 0 aliphatic heterocycles. The second-order valence-corrected chi connectivity index (χ2v) is 5.50. The smallest absolute Gasteiger partial charge is 0.433 e. The number of halogens is 3. The fraction of sp³-hybridized carbons (Fsp3) is 0.417. The van der Waals surface area contributed by atoms with Crippen molar-refractivity contribution < 1.29 is 17.6 Å². The number of hydrogen-bond acceptors (Lipinski definition) is 5. The van der Waals surface area contributed by atoms with Gasteiger partial charge in [-0.2, -0.15) is 13.2 Å². The predicted molar refractivity (Wildman–Crippen MR) is 70.0 cm³/mol. The zero-order valence-corrected chi connectivity index (χ0v) is 12.0. The van der Waals surface area contributed by atoms with Gasteiger partial charge in [0, 0.05) is 12.0 Å². The van der Waals surface area contributed by atoms with Crippen molar-refractivity contribution in [1.82, 2.24) is 15.0 Å². The van der Waals surface area contributed by atoms with E-state index in [4.69, 9.17) is 4.42 Å². The van der Waals surface area contributed by atoms with Gasteiger partial charge in [-0.1, -0.05) is 25.6 Å². The molecule has 2 rings (SSSR count). The van der Waals surface area contributed by atoms with Crippen LogP contribution in [0.3, 0.4) is 0 Å². The third kappa shape index (κ3) is 4.10. The third-order valence-electron chi connectivity index (χ3n) is 2.48. The Morgan fingerprint density at radius 2 is 2.14 bits per heavy atom. The lowest BCUT2D eigenvalue weighted by molar-refractivity contribution is -0.141. The molecule has 0 amide bonds. The summed E-state index contributed by atoms with van der Waals surface area (Å²) in [5, 5.41) is -0.126. The number of oxazole rings is 1. The highest BCUT2D eigenvalue weighted by Crippen LogP contribution is 2.28. The minimum Gasteiger partial charge on any atom is -0.445 e. The van der Waals surface area contributed by atoms with Gasteiger partial charge in [0.25, 0.3) is 5.56 Å². The van der Waals surface area contributed by atoms with Crippen LogP contribution >= 0.6 is 11.8 Å². The normalized spacial score (nSPS) is 12.1. The van der Waals surface area contributed by atoms with E-state index in [1.54, 1.807) is 6.20 Å². The van der Waals surface area contributed by atoms with Gasteiger partial charge in [0.15, 0.2) is 10.9 Å². The van der Waals surface area contributed by atoms with E-state index < -0.39 is 17.4 Å². The number of hydrogen-bond donors (Lipinski definition) is 1. The maximum atomic E-state index is 12.5. The largest absolute Gasteiger partial charge is 0.445 e. The van der Waals surface area contributed by atoms with Crippen molar-refractivity contribution in [3.05, 3.63) is 40.0 Å². The van der Waals surface area contributed by atoms with E-state index in [9.17, 15) is 18.0 Å². The molecule has 0 aromatic carbocycles. The highest BCUT2D eigenvalue weighted by Gasteiger charge is 2.33. The Morgan fingerprint density at radius 1 is 1.43 bits per heavy atom. The molecule has 0 spiro atoms. The molecule has 2 heterocycles. The second kappa shape index (κ2) is 5.92. The van der Waals surface area contributed by atoms with E-state index in [2.05, 4.69) is 15.0 Å². The van der Waals surface area contributed by atoms with Crippen LogP contribution in [0.4, 0.5) is 13.2 Å². The Bertz CT molecular complexity index is 679. The average molecular weight is 319 g/mol. The fourth-order valence-corrected chi connectivity index (χ4v) is 2.17. The summed E-state index contributed by atoms with van der Waals surface area (Å²) in [6, 6.07) is 0.423. The molecule has 1 N–H and O–H groups in total. The van der Waals surface area contributed by atoms with Crippen LogP contribution in [0.1, 0.15) is 37.1 Å². The van der Waals surface area contributed by atoms with Gasteiger partial charge in [-0.25, -0.2) is 9.97 Å². The molecule has 2 aromatic heterocycles. The predicted octanol–water partition coefficient (Wildman–Crippen LogP) is 3.19. The molecule has 0 atom stereocenters. The minimum atomic E-state index is -4.66. The number of alkyl halides is 3. The van der Waals surface area contributed by atoms with Crippen LogP contribution in [0.2, 0.25) is 0 Å². The molecular weight excluding hydrogens is 307 g/mol. The van der Waals surface area contributed by atoms with Crippen LogP contribution in [0, 0.1) is 0 Å². The lowest BCUT2D eigenvalue weighted by Gasteiger charge is -2.06. The van der Waals surface area contributed by atoms with Gasteiger partial charge in [-0.3, -0.25) is 4.79 Å². The molecule has 0 saturated heterocycles. The number of rotatable bonds is 4. The van der Waals surface area contributed by atoms with Crippen molar-refractivity contribution in [3.63, 3.8) is 0 Å². The van der Waals surface area contributed by atoms with Crippen LogP contribution in [-0.4, -0.2) is 15.0 Å². The van der Waals surface area contributed by atoms with Crippen molar-refractivity contribution >= 4 is 11.8 Å². The summed E-state index contributed by atoms with van der Waals surface area (Å²) in [6.45, 7) is 3.87. The maximum Gasteiger partial charge on any atom is 0.433 e. The van der Waals surface area contributed by atoms with Crippen molar-refractivity contribution in [2.24, 2.45) is 0 Å². The first-order valence-electron chi connectivity index (χ1n) is 6.01. The quantitative estimate of drug-likeness (QED) is 0.692. The summed E-state index contributed by atoms with van der Waals surface area (Å²) in [4.78, 5) is 20.9. The monoisotopic (exact) mass is 319 g/mol. The SMILES string of the molecule is CC(C)c1cnc(CSc2nc(C(F)(F)F)cc(=O)[nH]2)o1. The van der Waals surface area contributed by atoms with Gasteiger partial charge in [-0.05, 0) is 0 Å². The van der Waals surface area contributed by atoms with Gasteiger partial charge in [0.05, 0.1) is 11.9 Å². The van der Waals surface area contributed by atoms with Gasteiger partial charge < -0.3 is 9.40 Å². The van der Waals surface area contributed by atoms with E-state index >= 15 is 0 Å². The molecule has 0 radical (unpaired) electrons. The summed E-state index contributed by atoms with van der Waals surface area (Å²) in [5.41, 5.74) is -2.07. The molecule has 5 nitrogen and oxygen atoms in total. The highest BCUT2D eigenvalue weighted by atomic mass is 32.2. The molecule has 0 saturated carbocycles. The molecule has 2 aromatic rings. The number of nitrogens with one attached hydrogen (secondary N) is 1. The van der Waals surface area contributed by atoms with Crippen LogP contribution in [0.25, 0.3) is 0 Å². The van der Waals surface area contributed by atoms with Gasteiger partial charge in [0.2, 0.25) is 5.89 Å². The molecule has 114 valence electrons. The van der Waals surface area contributed by atoms with E-state index in [-0.39, 0.29) is 16.8 Å². The van der Waals surface area contributed by atoms with Crippen molar-refractivity contribution in [2.45, 2.75) is 36.9 Å². The lowest BCUT2D eigenvalue weighted by atomic mass is 10.2. The first-order chi connectivity index (χ1) is 9.75. The van der Waals surface area contributed by atoms with Crippen LogP contribution in [0.15, 0.2) is 26.6 Å². The Labute approximate surface area is 122 Å². The molecule has 0 bridgehead atoms. The number of nitrogens with zero attached hydrogens (tertiary/aromatic N) is 2. The van der Waals surface area contributed by atoms with E-state index in [0.717, 1.165) is 11.8 Å². The minimum absolute atomic E-state index is 0.126. The first-order valence-corrected chi connectivity index (χ1v) is 7.00. The van der Waals surface area contributed by atoms with E-state index in [0.29, 0.717) is 17.7 Å². The summed E-state index contributed by atoms with van der Waals surface area (Å²) in [7, 11) is 0. The highest BCUT2D eigenvalue weighted by molar-refractivity contribution is 7.98. The summed E-state index contributed by atoms with van der Waals surface area (Å²) >= 11 is 0.920. The van der Waals surface area contributed by atoms with Gasteiger partial charge in [0.1, 0.15) is 5.76 Å². The Balaban J connectivity index is 2.12. The Morgan fingerprint density at radius 3 is 2.71 bits per heavy atom. The van der Waals surface area contributed by atoms with Gasteiger partial charge >= 0.3 is 6.18 Å². The zero-order chi connectivity index (χ0) is 15.6. The van der Waals surface area contributed by atoms with E-state index in [1.165, 1.54) is 0 Å². The molecule has 0 aliphatic carbocycles. The van der Waals surface area contributed by atoms with Crippen molar-refractivity contribution in [2.75, 3.05) is 0 Å². The summed E-state index contributed by atoms with van der Waals surface area (Å²) in [5.74, 6) is 1.40. The third-order valence-corrected chi connectivity index (χ3v) is 3.34. The summed E-state index contributed by atoms with van der Waals surface area (Å²) in [6.07, 6.45) is -3.08. The molecule has 0 unspecified atom stereocenters. The zero-order valence-electron chi connectivity index (χ0n) is 11.2.